The lowest BCUT2D eigenvalue weighted by atomic mass is 10.1. The van der Waals surface area contributed by atoms with Crippen LogP contribution in [0.1, 0.15) is 21.5 Å². The van der Waals surface area contributed by atoms with E-state index in [9.17, 15) is 9.59 Å². The summed E-state index contributed by atoms with van der Waals surface area (Å²) < 4.78 is 0. The monoisotopic (exact) mass is 284 g/mol. The largest absolute Gasteiger partial charge is 0.478 e. The van der Waals surface area contributed by atoms with E-state index >= 15 is 0 Å². The molecule has 4 N–H and O–H groups in total. The van der Waals surface area contributed by atoms with Crippen LogP contribution in [0, 0.1) is 0 Å². The van der Waals surface area contributed by atoms with Crippen molar-refractivity contribution in [2.45, 2.75) is 13.0 Å². The number of benzene rings is 2. The molecule has 0 aliphatic rings. The fourth-order valence-corrected chi connectivity index (χ4v) is 1.91. The van der Waals surface area contributed by atoms with Crippen molar-refractivity contribution in [2.24, 2.45) is 5.73 Å². The molecule has 0 aromatic heterocycles. The Kier molecular flexibility index (Phi) is 4.56. The predicted octanol–water partition coefficient (Wildman–Crippen LogP) is 2.02. The SMILES string of the molecule is NC(=O)Cc1ccc(NCc2ccc(C(=O)O)cc2)cc1. The minimum absolute atomic E-state index is 0.233. The van der Waals surface area contributed by atoms with Gasteiger partial charge in [-0.3, -0.25) is 4.79 Å². The van der Waals surface area contributed by atoms with Crippen LogP contribution < -0.4 is 11.1 Å². The Balaban J connectivity index is 1.93. The van der Waals surface area contributed by atoms with Crippen molar-refractivity contribution >= 4 is 17.6 Å². The number of nitrogens with one attached hydrogen (secondary N) is 1. The molecule has 0 unspecified atom stereocenters. The van der Waals surface area contributed by atoms with Crippen LogP contribution in [-0.4, -0.2) is 17.0 Å². The molecule has 108 valence electrons. The zero-order valence-corrected chi connectivity index (χ0v) is 11.4. The van der Waals surface area contributed by atoms with E-state index < -0.39 is 5.97 Å². The second-order valence-electron chi connectivity index (χ2n) is 4.70. The second-order valence-corrected chi connectivity index (χ2v) is 4.70. The van der Waals surface area contributed by atoms with Gasteiger partial charge in [-0.05, 0) is 35.4 Å². The Labute approximate surface area is 122 Å². The lowest BCUT2D eigenvalue weighted by Crippen LogP contribution is -2.13. The number of hydrogen-bond acceptors (Lipinski definition) is 3. The number of carboxylic acid groups (broad SMARTS) is 1. The molecule has 0 heterocycles. The van der Waals surface area contributed by atoms with E-state index in [4.69, 9.17) is 10.8 Å². The van der Waals surface area contributed by atoms with E-state index in [0.29, 0.717) is 6.54 Å². The van der Waals surface area contributed by atoms with Crippen molar-refractivity contribution in [3.63, 3.8) is 0 Å². The quantitative estimate of drug-likeness (QED) is 0.756. The number of primary amides is 1. The molecule has 1 amide bonds. The first-order valence-corrected chi connectivity index (χ1v) is 6.48. The van der Waals surface area contributed by atoms with Gasteiger partial charge in [0.2, 0.25) is 5.91 Å². The molecule has 0 aliphatic heterocycles. The number of carbonyl (C=O) groups excluding carboxylic acids is 1. The smallest absolute Gasteiger partial charge is 0.335 e. The molecule has 0 atom stereocenters. The van der Waals surface area contributed by atoms with E-state index in [1.165, 1.54) is 0 Å². The van der Waals surface area contributed by atoms with Crippen molar-refractivity contribution in [1.29, 1.82) is 0 Å². The summed E-state index contributed by atoms with van der Waals surface area (Å²) in [7, 11) is 0. The van der Waals surface area contributed by atoms with E-state index in [0.717, 1.165) is 16.8 Å². The first kappa shape index (κ1) is 14.6. The number of hydrogen-bond donors (Lipinski definition) is 3. The Morgan fingerprint density at radius 3 is 2.05 bits per heavy atom. The maximum absolute atomic E-state index is 10.8. The Morgan fingerprint density at radius 2 is 1.52 bits per heavy atom. The molecule has 0 aliphatic carbocycles. The average molecular weight is 284 g/mol. The van der Waals surface area contributed by atoms with Crippen molar-refractivity contribution in [3.8, 4) is 0 Å². The minimum Gasteiger partial charge on any atom is -0.478 e. The molecule has 21 heavy (non-hydrogen) atoms. The van der Waals surface area contributed by atoms with Crippen LogP contribution in [0.25, 0.3) is 0 Å². The molecule has 5 nitrogen and oxygen atoms in total. The summed E-state index contributed by atoms with van der Waals surface area (Å²) in [6.45, 7) is 0.592. The summed E-state index contributed by atoms with van der Waals surface area (Å²) in [6.07, 6.45) is 0.233. The Bertz CT molecular complexity index is 634. The summed E-state index contributed by atoms with van der Waals surface area (Å²) >= 11 is 0. The molecule has 0 saturated carbocycles. The first-order valence-electron chi connectivity index (χ1n) is 6.48. The van der Waals surface area contributed by atoms with Gasteiger partial charge in [-0.15, -0.1) is 0 Å². The fraction of sp³-hybridized carbons (Fsp3) is 0.125. The van der Waals surface area contributed by atoms with Crippen LogP contribution in [0.5, 0.6) is 0 Å². The number of anilines is 1. The van der Waals surface area contributed by atoms with E-state index in [-0.39, 0.29) is 17.9 Å². The van der Waals surface area contributed by atoms with Gasteiger partial charge >= 0.3 is 5.97 Å². The first-order chi connectivity index (χ1) is 10.0. The summed E-state index contributed by atoms with van der Waals surface area (Å²) in [5.41, 5.74) is 8.19. The highest BCUT2D eigenvalue weighted by Crippen LogP contribution is 2.12. The highest BCUT2D eigenvalue weighted by molar-refractivity contribution is 5.87. The van der Waals surface area contributed by atoms with Gasteiger partial charge < -0.3 is 16.2 Å². The van der Waals surface area contributed by atoms with Crippen LogP contribution in [0.3, 0.4) is 0 Å². The molecule has 0 bridgehead atoms. The number of carbonyl (C=O) groups is 2. The topological polar surface area (TPSA) is 92.4 Å². The zero-order chi connectivity index (χ0) is 15.2. The summed E-state index contributed by atoms with van der Waals surface area (Å²) in [5.74, 6) is -1.28. The van der Waals surface area contributed by atoms with Gasteiger partial charge in [-0.2, -0.15) is 0 Å². The zero-order valence-electron chi connectivity index (χ0n) is 11.4. The standard InChI is InChI=1S/C16H16N2O3/c17-15(19)9-11-3-7-14(8-4-11)18-10-12-1-5-13(6-2-12)16(20)21/h1-8,18H,9-10H2,(H2,17,19)(H,20,21). The van der Waals surface area contributed by atoms with Crippen LogP contribution in [0.2, 0.25) is 0 Å². The van der Waals surface area contributed by atoms with Crippen LogP contribution in [0.4, 0.5) is 5.69 Å². The fourth-order valence-electron chi connectivity index (χ4n) is 1.91. The van der Waals surface area contributed by atoms with Crippen molar-refractivity contribution < 1.29 is 14.7 Å². The number of amides is 1. The summed E-state index contributed by atoms with van der Waals surface area (Å²) in [5, 5.41) is 12.1. The lowest BCUT2D eigenvalue weighted by molar-refractivity contribution is -0.117. The third-order valence-corrected chi connectivity index (χ3v) is 3.03. The molecular formula is C16H16N2O3. The summed E-state index contributed by atoms with van der Waals surface area (Å²) in [6, 6.07) is 14.2. The lowest BCUT2D eigenvalue weighted by Gasteiger charge is -2.07. The normalized spacial score (nSPS) is 10.1. The number of nitrogens with two attached hydrogens (primary N) is 1. The molecule has 0 saturated heterocycles. The molecule has 0 fully saturated rings. The number of rotatable bonds is 6. The third-order valence-electron chi connectivity index (χ3n) is 3.03. The van der Waals surface area contributed by atoms with Gasteiger partial charge in [0.05, 0.1) is 12.0 Å². The van der Waals surface area contributed by atoms with Gasteiger partial charge in [-0.1, -0.05) is 24.3 Å². The molecule has 5 heteroatoms. The van der Waals surface area contributed by atoms with E-state index in [2.05, 4.69) is 5.32 Å². The van der Waals surface area contributed by atoms with Gasteiger partial charge in [0.15, 0.2) is 0 Å². The van der Waals surface area contributed by atoms with E-state index in [1.54, 1.807) is 24.3 Å². The molecule has 0 radical (unpaired) electrons. The number of carboxylic acids is 1. The Morgan fingerprint density at radius 1 is 0.952 bits per heavy atom. The van der Waals surface area contributed by atoms with Crippen molar-refractivity contribution in [2.75, 3.05) is 5.32 Å². The van der Waals surface area contributed by atoms with Crippen LogP contribution in [-0.2, 0) is 17.8 Å². The molecule has 2 rings (SSSR count). The number of aromatic carboxylic acids is 1. The van der Waals surface area contributed by atoms with Gasteiger partial charge in [0.1, 0.15) is 0 Å². The van der Waals surface area contributed by atoms with Crippen molar-refractivity contribution in [1.82, 2.24) is 0 Å². The second kappa shape index (κ2) is 6.56. The third kappa shape index (κ3) is 4.35. The van der Waals surface area contributed by atoms with Crippen LogP contribution >= 0.6 is 0 Å². The average Bonchev–Trinajstić information content (AvgIpc) is 2.46. The molecular weight excluding hydrogens is 268 g/mol. The maximum atomic E-state index is 10.8. The van der Waals surface area contributed by atoms with Gasteiger partial charge in [-0.25, -0.2) is 4.79 Å². The van der Waals surface area contributed by atoms with E-state index in [1.807, 2.05) is 24.3 Å². The van der Waals surface area contributed by atoms with Crippen LogP contribution in [0.15, 0.2) is 48.5 Å². The van der Waals surface area contributed by atoms with Gasteiger partial charge in [0, 0.05) is 12.2 Å². The molecule has 2 aromatic rings. The predicted molar refractivity (Wildman–Crippen MR) is 80.1 cm³/mol. The summed E-state index contributed by atoms with van der Waals surface area (Å²) in [4.78, 5) is 21.6. The highest BCUT2D eigenvalue weighted by Gasteiger charge is 2.02. The Hall–Kier alpha value is -2.82. The van der Waals surface area contributed by atoms with Gasteiger partial charge in [0.25, 0.3) is 0 Å². The molecule has 0 spiro atoms. The minimum atomic E-state index is -0.931. The maximum Gasteiger partial charge on any atom is 0.335 e. The highest BCUT2D eigenvalue weighted by atomic mass is 16.4. The van der Waals surface area contributed by atoms with Crippen molar-refractivity contribution in [3.05, 3.63) is 65.2 Å². The molecule has 2 aromatic carbocycles.